The molecular weight excluding hydrogens is 192 g/mol. The van der Waals surface area contributed by atoms with Gasteiger partial charge in [-0.1, -0.05) is 27.2 Å². The lowest BCUT2D eigenvalue weighted by atomic mass is 9.90. The number of aromatic hydroxyl groups is 1. The van der Waals surface area contributed by atoms with Crippen molar-refractivity contribution in [2.45, 2.75) is 33.6 Å². The van der Waals surface area contributed by atoms with Gasteiger partial charge in [-0.05, 0) is 11.8 Å². The van der Waals surface area contributed by atoms with Crippen LogP contribution in [-0.2, 0) is 6.42 Å². The molecule has 0 amide bonds. The Bertz CT molecular complexity index is 367. The van der Waals surface area contributed by atoms with Crippen molar-refractivity contribution in [2.75, 3.05) is 0 Å². The van der Waals surface area contributed by atoms with Crippen molar-refractivity contribution in [1.29, 1.82) is 0 Å². The molecule has 0 spiro atoms. The Balaban J connectivity index is 2.81. The van der Waals surface area contributed by atoms with Crippen LogP contribution in [0.2, 0.25) is 0 Å². The van der Waals surface area contributed by atoms with Gasteiger partial charge in [0.15, 0.2) is 0 Å². The molecule has 0 aliphatic rings. The van der Waals surface area contributed by atoms with E-state index in [1.54, 1.807) is 0 Å². The Morgan fingerprint density at radius 2 is 2.07 bits per heavy atom. The smallest absolute Gasteiger partial charge is 0.226 e. The second kappa shape index (κ2) is 5.01. The average Bonchev–Trinajstić information content (AvgIpc) is 2.23. The molecule has 3 nitrogen and oxygen atoms in total. The van der Waals surface area contributed by atoms with E-state index >= 15 is 0 Å². The molecule has 0 radical (unpaired) electrons. The van der Waals surface area contributed by atoms with Crippen LogP contribution in [0.25, 0.3) is 0 Å². The van der Waals surface area contributed by atoms with E-state index in [1.165, 1.54) is 12.3 Å². The Kier molecular flexibility index (Phi) is 3.95. The summed E-state index contributed by atoms with van der Waals surface area (Å²) >= 11 is 0. The van der Waals surface area contributed by atoms with Crippen molar-refractivity contribution in [1.82, 2.24) is 0 Å². The highest BCUT2D eigenvalue weighted by Crippen LogP contribution is 2.22. The second-order valence-electron chi connectivity index (χ2n) is 4.12. The Morgan fingerprint density at radius 1 is 1.40 bits per heavy atom. The van der Waals surface area contributed by atoms with E-state index in [1.807, 2.05) is 0 Å². The van der Waals surface area contributed by atoms with Crippen molar-refractivity contribution < 1.29 is 9.52 Å². The van der Waals surface area contributed by atoms with E-state index in [4.69, 9.17) is 4.42 Å². The molecule has 0 aliphatic heterocycles. The van der Waals surface area contributed by atoms with Crippen LogP contribution in [0.3, 0.4) is 0 Å². The molecule has 2 unspecified atom stereocenters. The van der Waals surface area contributed by atoms with Gasteiger partial charge in [-0.2, -0.15) is 0 Å². The van der Waals surface area contributed by atoms with E-state index in [9.17, 15) is 9.90 Å². The maximum Gasteiger partial charge on any atom is 0.226 e. The first-order valence-electron chi connectivity index (χ1n) is 5.35. The molecule has 0 saturated carbocycles. The van der Waals surface area contributed by atoms with Crippen molar-refractivity contribution >= 4 is 0 Å². The maximum absolute atomic E-state index is 11.2. The molecule has 0 bridgehead atoms. The third-order valence-electron chi connectivity index (χ3n) is 3.05. The van der Waals surface area contributed by atoms with Crippen LogP contribution in [0.4, 0.5) is 0 Å². The third-order valence-corrected chi connectivity index (χ3v) is 3.05. The van der Waals surface area contributed by atoms with Crippen molar-refractivity contribution in [2.24, 2.45) is 11.8 Å². The minimum absolute atomic E-state index is 0.243. The highest BCUT2D eigenvalue weighted by Gasteiger charge is 2.15. The van der Waals surface area contributed by atoms with Gasteiger partial charge in [-0.3, -0.25) is 4.79 Å². The Labute approximate surface area is 89.7 Å². The lowest BCUT2D eigenvalue weighted by Crippen LogP contribution is -2.11. The molecule has 0 saturated heterocycles. The molecule has 1 rings (SSSR count). The molecule has 1 aromatic heterocycles. The number of hydrogen-bond acceptors (Lipinski definition) is 3. The number of rotatable bonds is 4. The predicted molar refractivity (Wildman–Crippen MR) is 59.0 cm³/mol. The summed E-state index contributed by atoms with van der Waals surface area (Å²) in [6, 6.07) is 1.23. The van der Waals surface area contributed by atoms with Crippen LogP contribution in [0.1, 0.15) is 33.0 Å². The van der Waals surface area contributed by atoms with Crippen LogP contribution in [0, 0.1) is 11.8 Å². The van der Waals surface area contributed by atoms with E-state index in [-0.39, 0.29) is 11.2 Å². The second-order valence-corrected chi connectivity index (χ2v) is 4.12. The summed E-state index contributed by atoms with van der Waals surface area (Å²) in [7, 11) is 0. The molecule has 0 fully saturated rings. The lowest BCUT2D eigenvalue weighted by molar-refractivity contribution is 0.325. The van der Waals surface area contributed by atoms with Gasteiger partial charge < -0.3 is 9.52 Å². The summed E-state index contributed by atoms with van der Waals surface area (Å²) in [5.74, 6) is 1.10. The lowest BCUT2D eigenvalue weighted by Gasteiger charge is -2.17. The highest BCUT2D eigenvalue weighted by atomic mass is 16.4. The van der Waals surface area contributed by atoms with Gasteiger partial charge in [0.05, 0.1) is 6.26 Å². The normalized spacial score (nSPS) is 14.9. The molecule has 3 heteroatoms. The summed E-state index contributed by atoms with van der Waals surface area (Å²) in [5, 5.41) is 9.49. The van der Waals surface area contributed by atoms with Crippen molar-refractivity contribution in [3.05, 3.63) is 28.3 Å². The van der Waals surface area contributed by atoms with E-state index < -0.39 is 0 Å². The zero-order chi connectivity index (χ0) is 11.4. The zero-order valence-electron chi connectivity index (χ0n) is 9.49. The minimum atomic E-state index is -0.368. The molecule has 0 aliphatic carbocycles. The molecule has 15 heavy (non-hydrogen) atoms. The van der Waals surface area contributed by atoms with Crippen LogP contribution in [-0.4, -0.2) is 5.11 Å². The van der Waals surface area contributed by atoms with Gasteiger partial charge in [-0.15, -0.1) is 0 Å². The fraction of sp³-hybridized carbons (Fsp3) is 0.583. The largest absolute Gasteiger partial charge is 0.502 e. The summed E-state index contributed by atoms with van der Waals surface area (Å²) in [6.07, 6.45) is 3.02. The van der Waals surface area contributed by atoms with Crippen LogP contribution in [0.15, 0.2) is 21.5 Å². The molecule has 84 valence electrons. The first-order valence-corrected chi connectivity index (χ1v) is 5.35. The molecule has 1 aromatic rings. The highest BCUT2D eigenvalue weighted by molar-refractivity contribution is 5.22. The van der Waals surface area contributed by atoms with E-state index in [0.29, 0.717) is 24.0 Å². The first-order chi connectivity index (χ1) is 7.06. The van der Waals surface area contributed by atoms with E-state index in [2.05, 4.69) is 20.8 Å². The van der Waals surface area contributed by atoms with Gasteiger partial charge in [0, 0.05) is 12.5 Å². The minimum Gasteiger partial charge on any atom is -0.502 e. The molecule has 0 aromatic carbocycles. The van der Waals surface area contributed by atoms with E-state index in [0.717, 1.165) is 6.42 Å². The number of hydrogen-bond donors (Lipinski definition) is 1. The Morgan fingerprint density at radius 3 is 2.67 bits per heavy atom. The zero-order valence-corrected chi connectivity index (χ0v) is 9.49. The van der Waals surface area contributed by atoms with Crippen LogP contribution >= 0.6 is 0 Å². The standard InChI is InChI=1S/C12H18O3/c1-4-8(2)9(3)7-11-12(14)10(13)5-6-15-11/h5-6,8-9,14H,4,7H2,1-3H3. The Hall–Kier alpha value is -1.25. The van der Waals surface area contributed by atoms with Crippen molar-refractivity contribution in [3.63, 3.8) is 0 Å². The predicted octanol–water partition coefficient (Wildman–Crippen LogP) is 2.57. The monoisotopic (exact) mass is 210 g/mol. The third kappa shape index (κ3) is 2.85. The topological polar surface area (TPSA) is 50.4 Å². The van der Waals surface area contributed by atoms with Crippen molar-refractivity contribution in [3.8, 4) is 5.75 Å². The summed E-state index contributed by atoms with van der Waals surface area (Å²) in [4.78, 5) is 11.2. The molecular formula is C12H18O3. The van der Waals surface area contributed by atoms with Crippen LogP contribution in [0.5, 0.6) is 5.75 Å². The van der Waals surface area contributed by atoms with Gasteiger partial charge in [0.25, 0.3) is 0 Å². The van der Waals surface area contributed by atoms with Gasteiger partial charge >= 0.3 is 0 Å². The fourth-order valence-electron chi connectivity index (χ4n) is 1.49. The summed E-state index contributed by atoms with van der Waals surface area (Å²) in [5.41, 5.74) is -0.368. The molecule has 1 heterocycles. The molecule has 1 N–H and O–H groups in total. The fourth-order valence-corrected chi connectivity index (χ4v) is 1.49. The summed E-state index contributed by atoms with van der Waals surface area (Å²) in [6.45, 7) is 6.38. The quantitative estimate of drug-likeness (QED) is 0.830. The van der Waals surface area contributed by atoms with Gasteiger partial charge in [0.2, 0.25) is 11.2 Å². The van der Waals surface area contributed by atoms with Gasteiger partial charge in [0.1, 0.15) is 5.76 Å². The SMILES string of the molecule is CCC(C)C(C)Cc1occc(=O)c1O. The average molecular weight is 210 g/mol. The maximum atomic E-state index is 11.2. The van der Waals surface area contributed by atoms with Crippen LogP contribution < -0.4 is 5.43 Å². The molecule has 2 atom stereocenters. The first kappa shape index (κ1) is 11.8. The summed E-state index contributed by atoms with van der Waals surface area (Å²) < 4.78 is 5.15. The van der Waals surface area contributed by atoms with Gasteiger partial charge in [-0.25, -0.2) is 0 Å².